The standard InChI is InChI=1S/C14H15N3O5/c1-14(2,3)9-6-8(7-10(12(9)19)17(21)22)16-5-4-11(18)15-13(16)20/h4-7,19H,1-3H3,(H,15,18,20). The van der Waals surface area contributed by atoms with Gasteiger partial charge in [-0.2, -0.15) is 0 Å². The van der Waals surface area contributed by atoms with E-state index in [2.05, 4.69) is 4.98 Å². The maximum absolute atomic E-state index is 11.8. The van der Waals surface area contributed by atoms with Crippen LogP contribution in [0.5, 0.6) is 5.75 Å². The van der Waals surface area contributed by atoms with E-state index in [4.69, 9.17) is 0 Å². The molecule has 0 saturated heterocycles. The van der Waals surface area contributed by atoms with E-state index >= 15 is 0 Å². The number of benzene rings is 1. The number of H-pyrrole nitrogens is 1. The number of aromatic amines is 1. The van der Waals surface area contributed by atoms with Crippen molar-refractivity contribution >= 4 is 5.69 Å². The third kappa shape index (κ3) is 2.76. The molecule has 2 rings (SSSR count). The summed E-state index contributed by atoms with van der Waals surface area (Å²) >= 11 is 0. The molecule has 2 N–H and O–H groups in total. The Balaban J connectivity index is 2.82. The van der Waals surface area contributed by atoms with E-state index in [1.165, 1.54) is 12.3 Å². The van der Waals surface area contributed by atoms with Crippen molar-refractivity contribution in [1.82, 2.24) is 9.55 Å². The molecule has 0 bridgehead atoms. The van der Waals surface area contributed by atoms with Gasteiger partial charge in [0.15, 0.2) is 5.75 Å². The highest BCUT2D eigenvalue weighted by atomic mass is 16.6. The highest BCUT2D eigenvalue weighted by Crippen LogP contribution is 2.39. The van der Waals surface area contributed by atoms with Gasteiger partial charge in [0.25, 0.3) is 5.56 Å². The number of phenols is 1. The van der Waals surface area contributed by atoms with Gasteiger partial charge in [0.05, 0.1) is 10.6 Å². The Hall–Kier alpha value is -2.90. The molecule has 22 heavy (non-hydrogen) atoms. The number of nitrogens with one attached hydrogen (secondary N) is 1. The van der Waals surface area contributed by atoms with Crippen molar-refractivity contribution in [2.75, 3.05) is 0 Å². The van der Waals surface area contributed by atoms with Crippen LogP contribution in [-0.2, 0) is 5.41 Å². The van der Waals surface area contributed by atoms with Gasteiger partial charge in [-0.25, -0.2) is 4.79 Å². The summed E-state index contributed by atoms with van der Waals surface area (Å²) in [7, 11) is 0. The molecule has 0 fully saturated rings. The minimum absolute atomic E-state index is 0.190. The van der Waals surface area contributed by atoms with Gasteiger partial charge >= 0.3 is 11.4 Å². The topological polar surface area (TPSA) is 118 Å². The second kappa shape index (κ2) is 5.14. The number of nitrogens with zero attached hydrogens (tertiary/aromatic N) is 2. The molecule has 8 nitrogen and oxygen atoms in total. The molecule has 0 aliphatic rings. The minimum Gasteiger partial charge on any atom is -0.502 e. The van der Waals surface area contributed by atoms with Gasteiger partial charge in [0, 0.05) is 23.9 Å². The number of hydrogen-bond acceptors (Lipinski definition) is 5. The van der Waals surface area contributed by atoms with E-state index < -0.39 is 33.0 Å². The van der Waals surface area contributed by atoms with Crippen molar-refractivity contribution in [2.24, 2.45) is 0 Å². The van der Waals surface area contributed by atoms with Crippen LogP contribution in [0.25, 0.3) is 5.69 Å². The van der Waals surface area contributed by atoms with Gasteiger partial charge in [-0.05, 0) is 11.5 Å². The van der Waals surface area contributed by atoms with Crippen molar-refractivity contribution in [1.29, 1.82) is 0 Å². The van der Waals surface area contributed by atoms with E-state index in [1.54, 1.807) is 20.8 Å². The Morgan fingerprint density at radius 3 is 2.41 bits per heavy atom. The van der Waals surface area contributed by atoms with Crippen LogP contribution in [0, 0.1) is 10.1 Å². The van der Waals surface area contributed by atoms with Crippen molar-refractivity contribution in [2.45, 2.75) is 26.2 Å². The average Bonchev–Trinajstić information content (AvgIpc) is 2.37. The lowest BCUT2D eigenvalue weighted by Gasteiger charge is -2.21. The maximum atomic E-state index is 11.8. The van der Waals surface area contributed by atoms with Crippen LogP contribution in [0.1, 0.15) is 26.3 Å². The van der Waals surface area contributed by atoms with E-state index in [0.29, 0.717) is 5.56 Å². The molecule has 0 amide bonds. The summed E-state index contributed by atoms with van der Waals surface area (Å²) in [6, 6.07) is 3.71. The fourth-order valence-corrected chi connectivity index (χ4v) is 2.07. The van der Waals surface area contributed by atoms with E-state index in [-0.39, 0.29) is 5.69 Å². The predicted molar refractivity (Wildman–Crippen MR) is 79.7 cm³/mol. The molecule has 0 aliphatic heterocycles. The van der Waals surface area contributed by atoms with Crippen LogP contribution in [0.15, 0.2) is 34.0 Å². The summed E-state index contributed by atoms with van der Waals surface area (Å²) < 4.78 is 1.07. The number of phenolic OH excluding ortho intramolecular Hbond substituents is 1. The number of hydrogen-bond donors (Lipinski definition) is 2. The molecular weight excluding hydrogens is 290 g/mol. The number of nitro benzene ring substituents is 1. The lowest BCUT2D eigenvalue weighted by molar-refractivity contribution is -0.385. The van der Waals surface area contributed by atoms with Crippen LogP contribution in [0.3, 0.4) is 0 Å². The second-order valence-electron chi connectivity index (χ2n) is 5.85. The first-order chi connectivity index (χ1) is 10.1. The highest BCUT2D eigenvalue weighted by Gasteiger charge is 2.27. The normalized spacial score (nSPS) is 11.4. The molecule has 0 atom stereocenters. The van der Waals surface area contributed by atoms with Crippen molar-refractivity contribution < 1.29 is 10.0 Å². The fourth-order valence-electron chi connectivity index (χ4n) is 2.07. The fraction of sp³-hybridized carbons (Fsp3) is 0.286. The Bertz CT molecular complexity index is 858. The summed E-state index contributed by atoms with van der Waals surface area (Å²) in [5, 5.41) is 21.2. The molecule has 0 unspecified atom stereocenters. The SMILES string of the molecule is CC(C)(C)c1cc(-n2ccc(=O)[nH]c2=O)cc([N+](=O)[O-])c1O. The molecule has 2 aromatic rings. The molecule has 0 aliphatic carbocycles. The first-order valence-electron chi connectivity index (χ1n) is 6.45. The van der Waals surface area contributed by atoms with Gasteiger partial charge < -0.3 is 5.11 Å². The Labute approximate surface area is 124 Å². The van der Waals surface area contributed by atoms with Gasteiger partial charge in [0.2, 0.25) is 0 Å². The van der Waals surface area contributed by atoms with Crippen LogP contribution in [0.4, 0.5) is 5.69 Å². The van der Waals surface area contributed by atoms with E-state index in [1.807, 2.05) is 0 Å². The molecule has 116 valence electrons. The summed E-state index contributed by atoms with van der Waals surface area (Å²) in [4.78, 5) is 35.4. The van der Waals surface area contributed by atoms with Crippen molar-refractivity contribution in [3.05, 3.63) is 60.9 Å². The summed E-state index contributed by atoms with van der Waals surface area (Å²) in [5.41, 5.74) is -1.83. The van der Waals surface area contributed by atoms with Crippen LogP contribution >= 0.6 is 0 Å². The molecule has 0 saturated carbocycles. The zero-order valence-corrected chi connectivity index (χ0v) is 12.3. The highest BCUT2D eigenvalue weighted by molar-refractivity contribution is 5.59. The lowest BCUT2D eigenvalue weighted by atomic mass is 9.85. The van der Waals surface area contributed by atoms with Crippen molar-refractivity contribution in [3.8, 4) is 11.4 Å². The number of aromatic hydroxyl groups is 1. The Morgan fingerprint density at radius 1 is 1.27 bits per heavy atom. The Kier molecular flexibility index (Phi) is 3.62. The number of nitro groups is 1. The van der Waals surface area contributed by atoms with E-state index in [9.17, 15) is 24.8 Å². The van der Waals surface area contributed by atoms with Crippen molar-refractivity contribution in [3.63, 3.8) is 0 Å². The molecule has 8 heteroatoms. The minimum atomic E-state index is -0.717. The van der Waals surface area contributed by atoms with Crippen LogP contribution in [-0.4, -0.2) is 19.6 Å². The summed E-state index contributed by atoms with van der Waals surface area (Å²) in [5.74, 6) is -0.432. The van der Waals surface area contributed by atoms with Gasteiger partial charge in [-0.1, -0.05) is 20.8 Å². The molecule has 1 aromatic carbocycles. The van der Waals surface area contributed by atoms with Gasteiger partial charge in [-0.3, -0.25) is 24.5 Å². The third-order valence-electron chi connectivity index (χ3n) is 3.18. The molecule has 1 heterocycles. The van der Waals surface area contributed by atoms with Crippen LogP contribution in [0.2, 0.25) is 0 Å². The average molecular weight is 305 g/mol. The number of aromatic nitrogens is 2. The Morgan fingerprint density at radius 2 is 1.91 bits per heavy atom. The quantitative estimate of drug-likeness (QED) is 0.642. The first kappa shape index (κ1) is 15.5. The largest absolute Gasteiger partial charge is 0.502 e. The van der Waals surface area contributed by atoms with Gasteiger partial charge in [0.1, 0.15) is 0 Å². The van der Waals surface area contributed by atoms with E-state index in [0.717, 1.165) is 16.7 Å². The smallest absolute Gasteiger partial charge is 0.332 e. The molecular formula is C14H15N3O5. The lowest BCUT2D eigenvalue weighted by Crippen LogP contribution is -2.27. The molecule has 0 radical (unpaired) electrons. The van der Waals surface area contributed by atoms with Crippen LogP contribution < -0.4 is 11.2 Å². The zero-order valence-electron chi connectivity index (χ0n) is 12.3. The van der Waals surface area contributed by atoms with Gasteiger partial charge in [-0.15, -0.1) is 0 Å². The predicted octanol–water partition coefficient (Wildman–Crippen LogP) is 1.44. The molecule has 0 spiro atoms. The first-order valence-corrected chi connectivity index (χ1v) is 6.45. The molecule has 1 aromatic heterocycles. The monoisotopic (exact) mass is 305 g/mol. The third-order valence-corrected chi connectivity index (χ3v) is 3.18. The zero-order chi connectivity index (χ0) is 16.7. The summed E-state index contributed by atoms with van der Waals surface area (Å²) in [6.45, 7) is 5.35. The number of rotatable bonds is 2. The summed E-state index contributed by atoms with van der Waals surface area (Å²) in [6.07, 6.45) is 1.23. The second-order valence-corrected chi connectivity index (χ2v) is 5.85. The maximum Gasteiger partial charge on any atom is 0.332 e.